The van der Waals surface area contributed by atoms with Crippen LogP contribution >= 0.6 is 7.87 Å². The molecule has 4 aromatic rings. The lowest BCUT2D eigenvalue weighted by Gasteiger charge is -2.36. The van der Waals surface area contributed by atoms with Crippen molar-refractivity contribution in [3.8, 4) is 0 Å². The Bertz CT molecular complexity index is 1220. The molecule has 0 amide bonds. The van der Waals surface area contributed by atoms with Crippen LogP contribution in [0, 0.1) is 11.8 Å². The van der Waals surface area contributed by atoms with Crippen LogP contribution in [0.25, 0.3) is 0 Å². The molecule has 2 heterocycles. The summed E-state index contributed by atoms with van der Waals surface area (Å²) in [6.07, 6.45) is 2.16. The summed E-state index contributed by atoms with van der Waals surface area (Å²) in [5.41, 5.74) is 4.36. The lowest BCUT2D eigenvalue weighted by molar-refractivity contribution is 0.302. The molecule has 5 heteroatoms. The van der Waals surface area contributed by atoms with Crippen LogP contribution in [0.15, 0.2) is 121 Å². The largest absolute Gasteiger partial charge is 0.301 e. The summed E-state index contributed by atoms with van der Waals surface area (Å²) in [7, 11) is -2.35. The quantitative estimate of drug-likeness (QED) is 0.166. The summed E-state index contributed by atoms with van der Waals surface area (Å²) in [6, 6.07) is 44.6. The van der Waals surface area contributed by atoms with Gasteiger partial charge in [0.2, 0.25) is 0 Å². The SMILES string of the molecule is CC[C@H](C)[C@@H]1N[P+]2(N[C@@H]([C@@H](C)CC)C(c3ccccc3)(c3ccccc3)N2)NC1(c1ccccc1)c1ccccc1. The van der Waals surface area contributed by atoms with Gasteiger partial charge < -0.3 is 0 Å². The smallest absolute Gasteiger partial charge is 0.140 e. The van der Waals surface area contributed by atoms with Crippen LogP contribution in [0.2, 0.25) is 0 Å². The molecule has 0 saturated carbocycles. The van der Waals surface area contributed by atoms with Gasteiger partial charge in [0.25, 0.3) is 0 Å². The molecule has 4 aromatic carbocycles. The number of rotatable bonds is 8. The Morgan fingerprint density at radius 3 is 1.02 bits per heavy atom. The van der Waals surface area contributed by atoms with E-state index in [0.717, 1.165) is 12.8 Å². The first kappa shape index (κ1) is 28.3. The highest BCUT2D eigenvalue weighted by Crippen LogP contribution is 2.65. The highest BCUT2D eigenvalue weighted by molar-refractivity contribution is 7.69. The minimum Gasteiger partial charge on any atom is -0.140 e. The highest BCUT2D eigenvalue weighted by atomic mass is 31.2. The predicted octanol–water partition coefficient (Wildman–Crippen LogP) is 7.77. The van der Waals surface area contributed by atoms with Gasteiger partial charge in [-0.05, 0) is 34.1 Å². The van der Waals surface area contributed by atoms with Crippen LogP contribution in [0.1, 0.15) is 62.8 Å². The molecule has 0 aromatic heterocycles. The molecule has 4 atom stereocenters. The van der Waals surface area contributed by atoms with Gasteiger partial charge in [0, 0.05) is 0 Å². The van der Waals surface area contributed by atoms with E-state index in [-0.39, 0.29) is 12.1 Å². The van der Waals surface area contributed by atoms with E-state index in [1.807, 2.05) is 0 Å². The number of nitrogens with one attached hydrogen (secondary N) is 4. The van der Waals surface area contributed by atoms with Gasteiger partial charge in [-0.2, -0.15) is 0 Å². The second kappa shape index (κ2) is 11.4. The average Bonchev–Trinajstić information content (AvgIpc) is 3.58. The lowest BCUT2D eigenvalue weighted by Crippen LogP contribution is -2.50. The van der Waals surface area contributed by atoms with Gasteiger partial charge in [-0.1, -0.05) is 162 Å². The maximum absolute atomic E-state index is 4.36. The molecule has 2 saturated heterocycles. The Hall–Kier alpha value is -2.85. The Kier molecular flexibility index (Phi) is 7.89. The van der Waals surface area contributed by atoms with Gasteiger partial charge in [0.15, 0.2) is 0 Å². The van der Waals surface area contributed by atoms with Crippen LogP contribution in [0.4, 0.5) is 0 Å². The van der Waals surface area contributed by atoms with E-state index in [1.54, 1.807) is 0 Å². The minimum atomic E-state index is -2.35. The fraction of sp³-hybridized carbons (Fsp3) is 0.333. The summed E-state index contributed by atoms with van der Waals surface area (Å²) < 4.78 is 0. The van der Waals surface area contributed by atoms with Crippen LogP contribution < -0.4 is 20.3 Å². The summed E-state index contributed by atoms with van der Waals surface area (Å²) in [5, 5.41) is 17.3. The van der Waals surface area contributed by atoms with E-state index < -0.39 is 18.9 Å². The maximum atomic E-state index is 4.36. The van der Waals surface area contributed by atoms with E-state index in [2.05, 4.69) is 169 Å². The van der Waals surface area contributed by atoms with Crippen molar-refractivity contribution >= 4 is 7.87 Å². The van der Waals surface area contributed by atoms with Crippen molar-refractivity contribution in [1.82, 2.24) is 20.3 Å². The van der Waals surface area contributed by atoms with Gasteiger partial charge in [-0.15, -0.1) is 20.3 Å². The fourth-order valence-electron chi connectivity index (χ4n) is 7.17. The van der Waals surface area contributed by atoms with Crippen molar-refractivity contribution in [3.63, 3.8) is 0 Å². The summed E-state index contributed by atoms with van der Waals surface area (Å²) >= 11 is 0. The van der Waals surface area contributed by atoms with E-state index in [1.165, 1.54) is 22.3 Å². The topological polar surface area (TPSA) is 48.1 Å². The van der Waals surface area contributed by atoms with Gasteiger partial charge in [-0.25, -0.2) is 0 Å². The van der Waals surface area contributed by atoms with Crippen molar-refractivity contribution in [3.05, 3.63) is 144 Å². The summed E-state index contributed by atoms with van der Waals surface area (Å²) in [4.78, 5) is 0. The zero-order chi connectivity index (χ0) is 28.5. The second-order valence-electron chi connectivity index (χ2n) is 12.0. The van der Waals surface area contributed by atoms with Crippen molar-refractivity contribution < 1.29 is 0 Å². The molecule has 212 valence electrons. The van der Waals surface area contributed by atoms with Gasteiger partial charge in [-0.3, -0.25) is 0 Å². The Morgan fingerprint density at radius 2 is 0.780 bits per heavy atom. The monoisotopic (exact) mass is 563 g/mol. The normalized spacial score (nSPS) is 23.8. The Morgan fingerprint density at radius 1 is 0.512 bits per heavy atom. The molecular formula is C36H44N4P+. The van der Waals surface area contributed by atoms with Crippen molar-refractivity contribution in [2.24, 2.45) is 11.8 Å². The van der Waals surface area contributed by atoms with E-state index in [0.29, 0.717) is 11.8 Å². The molecule has 0 unspecified atom stereocenters. The van der Waals surface area contributed by atoms with Crippen LogP contribution in [-0.2, 0) is 11.1 Å². The number of benzene rings is 4. The molecule has 4 nitrogen and oxygen atoms in total. The van der Waals surface area contributed by atoms with Crippen molar-refractivity contribution in [2.45, 2.75) is 63.7 Å². The molecule has 41 heavy (non-hydrogen) atoms. The van der Waals surface area contributed by atoms with Gasteiger partial charge in [0.1, 0.15) is 11.1 Å². The number of hydrogen-bond acceptors (Lipinski definition) is 4. The first-order valence-corrected chi connectivity index (χ1v) is 17.0. The molecule has 2 aliphatic rings. The average molecular weight is 564 g/mol. The zero-order valence-corrected chi connectivity index (χ0v) is 25.6. The first-order chi connectivity index (χ1) is 20.0. The van der Waals surface area contributed by atoms with Crippen molar-refractivity contribution in [1.29, 1.82) is 0 Å². The van der Waals surface area contributed by atoms with E-state index in [4.69, 9.17) is 0 Å². The molecule has 1 spiro atoms. The molecule has 6 rings (SSSR count). The molecule has 4 N–H and O–H groups in total. The fourth-order valence-corrected chi connectivity index (χ4v) is 11.1. The van der Waals surface area contributed by atoms with E-state index >= 15 is 0 Å². The molecule has 2 fully saturated rings. The Balaban J connectivity index is 1.58. The number of hydrogen-bond donors (Lipinski definition) is 4. The van der Waals surface area contributed by atoms with Crippen LogP contribution in [-0.4, -0.2) is 12.1 Å². The van der Waals surface area contributed by atoms with Crippen LogP contribution in [0.5, 0.6) is 0 Å². The third-order valence-electron chi connectivity index (χ3n) is 9.63. The second-order valence-corrected chi connectivity index (χ2v) is 14.3. The lowest BCUT2D eigenvalue weighted by atomic mass is 9.73. The third-order valence-corrected chi connectivity index (χ3v) is 12.3. The van der Waals surface area contributed by atoms with Gasteiger partial charge >= 0.3 is 7.87 Å². The minimum absolute atomic E-state index is 0.172. The highest BCUT2D eigenvalue weighted by Gasteiger charge is 2.71. The zero-order valence-electron chi connectivity index (χ0n) is 24.7. The predicted molar refractivity (Wildman–Crippen MR) is 173 cm³/mol. The molecule has 0 radical (unpaired) electrons. The maximum Gasteiger partial charge on any atom is 0.301 e. The summed E-state index contributed by atoms with van der Waals surface area (Å²) in [6.45, 7) is 9.41. The molecule has 0 aliphatic carbocycles. The van der Waals surface area contributed by atoms with Crippen molar-refractivity contribution in [2.75, 3.05) is 0 Å². The standard InChI is InChI=1S/C36H44N4P/c1-5-27(3)33-35(29-19-11-7-12-20-29,30-21-13-8-14-22-30)39-41(37-33)38-34(28(4)6-2)36(40-41,31-23-15-9-16-24-31)32-25-17-10-18-26-32/h7-28,33-34,37-40H,5-6H2,1-4H3/q+1/t27-,28-,33-,34-,41?/m0/s1. The van der Waals surface area contributed by atoms with Crippen LogP contribution in [0.3, 0.4) is 0 Å². The molecular weight excluding hydrogens is 519 g/mol. The summed E-state index contributed by atoms with van der Waals surface area (Å²) in [5.74, 6) is 0.854. The molecule has 2 aliphatic heterocycles. The van der Waals surface area contributed by atoms with Gasteiger partial charge in [0.05, 0.1) is 12.1 Å². The first-order valence-electron chi connectivity index (χ1n) is 15.2. The molecule has 0 bridgehead atoms. The Labute approximate surface area is 246 Å². The third kappa shape index (κ3) is 4.67. The van der Waals surface area contributed by atoms with E-state index in [9.17, 15) is 0 Å².